The maximum Gasteiger partial charge on any atom is 0.272 e. The molecule has 2 heterocycles. The Morgan fingerprint density at radius 2 is 2.00 bits per heavy atom. The van der Waals surface area contributed by atoms with Crippen molar-refractivity contribution in [2.45, 2.75) is 38.5 Å². The SMILES string of the molecule is CCCCOC(C)=C1C(=NCC)Sc2c1ncn(-c1ccc(OC)cc1)c2=O. The van der Waals surface area contributed by atoms with E-state index in [0.717, 1.165) is 40.7 Å². The van der Waals surface area contributed by atoms with Gasteiger partial charge in [0.2, 0.25) is 0 Å². The molecule has 148 valence electrons. The smallest absolute Gasteiger partial charge is 0.272 e. The maximum atomic E-state index is 13.1. The molecule has 1 aromatic heterocycles. The van der Waals surface area contributed by atoms with Gasteiger partial charge >= 0.3 is 0 Å². The monoisotopic (exact) mass is 399 g/mol. The minimum Gasteiger partial charge on any atom is -0.497 e. The number of methoxy groups -OCH3 is 1. The van der Waals surface area contributed by atoms with Crippen LogP contribution in [0.5, 0.6) is 5.75 Å². The minimum atomic E-state index is -0.111. The molecule has 0 saturated carbocycles. The number of allylic oxidation sites excluding steroid dienone is 1. The molecule has 1 aromatic carbocycles. The molecule has 3 rings (SSSR count). The molecule has 0 aliphatic carbocycles. The van der Waals surface area contributed by atoms with Crippen LogP contribution in [0.15, 0.2) is 51.0 Å². The quantitative estimate of drug-likeness (QED) is 0.513. The molecule has 0 unspecified atom stereocenters. The zero-order valence-corrected chi connectivity index (χ0v) is 17.5. The number of unbranched alkanes of at least 4 members (excludes halogenated alkanes) is 1. The topological polar surface area (TPSA) is 65.7 Å². The molecular weight excluding hydrogens is 374 g/mol. The lowest BCUT2D eigenvalue weighted by Crippen LogP contribution is -2.20. The van der Waals surface area contributed by atoms with Crippen molar-refractivity contribution in [3.63, 3.8) is 0 Å². The Hall–Kier alpha value is -2.54. The van der Waals surface area contributed by atoms with Crippen LogP contribution in [0, 0.1) is 0 Å². The number of aromatic nitrogens is 2. The first-order valence-electron chi connectivity index (χ1n) is 9.43. The summed E-state index contributed by atoms with van der Waals surface area (Å²) in [6.45, 7) is 7.30. The van der Waals surface area contributed by atoms with Crippen LogP contribution in [0.25, 0.3) is 11.3 Å². The lowest BCUT2D eigenvalue weighted by atomic mass is 10.1. The molecule has 1 aliphatic rings. The first kappa shape index (κ1) is 20.2. The van der Waals surface area contributed by atoms with Crippen molar-refractivity contribution in [2.24, 2.45) is 4.99 Å². The highest BCUT2D eigenvalue weighted by Crippen LogP contribution is 2.40. The van der Waals surface area contributed by atoms with Crippen LogP contribution in [0.1, 0.15) is 39.3 Å². The molecule has 0 atom stereocenters. The van der Waals surface area contributed by atoms with E-state index in [9.17, 15) is 4.79 Å². The van der Waals surface area contributed by atoms with Gasteiger partial charge in [-0.25, -0.2) is 4.98 Å². The molecule has 28 heavy (non-hydrogen) atoms. The van der Waals surface area contributed by atoms with Gasteiger partial charge in [0.1, 0.15) is 27.8 Å². The lowest BCUT2D eigenvalue weighted by Gasteiger charge is -2.10. The number of thioether (sulfide) groups is 1. The van der Waals surface area contributed by atoms with Crippen LogP contribution >= 0.6 is 11.8 Å². The van der Waals surface area contributed by atoms with E-state index in [4.69, 9.17) is 9.47 Å². The molecule has 0 saturated heterocycles. The van der Waals surface area contributed by atoms with Crippen LogP contribution < -0.4 is 10.3 Å². The standard InChI is InChI=1S/C21H25N3O3S/c1-5-7-12-27-14(3)17-18-19(28-20(17)22-6-2)21(25)24(13-23-18)15-8-10-16(26-4)11-9-15/h8-11,13H,5-7,12H2,1-4H3. The van der Waals surface area contributed by atoms with E-state index in [1.807, 2.05) is 38.1 Å². The third-order valence-electron chi connectivity index (χ3n) is 4.40. The predicted octanol–water partition coefficient (Wildman–Crippen LogP) is 4.31. The Labute approximate surface area is 169 Å². The Morgan fingerprint density at radius 1 is 1.25 bits per heavy atom. The van der Waals surface area contributed by atoms with Crippen LogP contribution in [-0.2, 0) is 4.74 Å². The summed E-state index contributed by atoms with van der Waals surface area (Å²) < 4.78 is 12.6. The van der Waals surface area contributed by atoms with E-state index in [-0.39, 0.29) is 5.56 Å². The molecule has 0 bridgehead atoms. The van der Waals surface area contributed by atoms with Gasteiger partial charge < -0.3 is 9.47 Å². The van der Waals surface area contributed by atoms with Crippen molar-refractivity contribution in [3.05, 3.63) is 52.4 Å². The van der Waals surface area contributed by atoms with E-state index in [0.29, 0.717) is 23.7 Å². The first-order valence-corrected chi connectivity index (χ1v) is 10.2. The summed E-state index contributed by atoms with van der Waals surface area (Å²) in [6, 6.07) is 7.32. The van der Waals surface area contributed by atoms with Gasteiger partial charge in [0.25, 0.3) is 5.56 Å². The summed E-state index contributed by atoms with van der Waals surface area (Å²) in [5, 5.41) is 0.795. The Morgan fingerprint density at radius 3 is 2.64 bits per heavy atom. The third-order valence-corrected chi connectivity index (χ3v) is 5.50. The van der Waals surface area contributed by atoms with Gasteiger partial charge in [-0.2, -0.15) is 0 Å². The lowest BCUT2D eigenvalue weighted by molar-refractivity contribution is 0.211. The fraction of sp³-hybridized carbons (Fsp3) is 0.381. The van der Waals surface area contributed by atoms with Crippen LogP contribution in [-0.4, -0.2) is 34.9 Å². The summed E-state index contributed by atoms with van der Waals surface area (Å²) in [4.78, 5) is 22.9. The van der Waals surface area contributed by atoms with Crippen LogP contribution in [0.3, 0.4) is 0 Å². The third kappa shape index (κ3) is 3.99. The number of hydrogen-bond acceptors (Lipinski definition) is 6. The fourth-order valence-electron chi connectivity index (χ4n) is 2.90. The van der Waals surface area contributed by atoms with Crippen molar-refractivity contribution < 1.29 is 9.47 Å². The number of nitrogens with zero attached hydrogens (tertiary/aromatic N) is 3. The largest absolute Gasteiger partial charge is 0.497 e. The molecule has 0 radical (unpaired) electrons. The summed E-state index contributed by atoms with van der Waals surface area (Å²) in [5.41, 5.74) is 2.11. The number of aliphatic imine (C=N–C) groups is 1. The molecule has 0 amide bonds. The number of benzene rings is 1. The summed E-state index contributed by atoms with van der Waals surface area (Å²) in [7, 11) is 1.61. The normalized spacial score (nSPS) is 16.2. The highest BCUT2D eigenvalue weighted by molar-refractivity contribution is 8.15. The second kappa shape index (κ2) is 9.10. The minimum absolute atomic E-state index is 0.111. The van der Waals surface area contributed by atoms with Gasteiger partial charge in [0.15, 0.2) is 0 Å². The fourth-order valence-corrected chi connectivity index (χ4v) is 4.06. The van der Waals surface area contributed by atoms with E-state index in [2.05, 4.69) is 16.9 Å². The molecule has 0 spiro atoms. The predicted molar refractivity (Wildman–Crippen MR) is 114 cm³/mol. The summed E-state index contributed by atoms with van der Waals surface area (Å²) in [6.07, 6.45) is 3.61. The molecule has 1 aliphatic heterocycles. The summed E-state index contributed by atoms with van der Waals surface area (Å²) in [5.74, 6) is 1.50. The van der Waals surface area contributed by atoms with Crippen molar-refractivity contribution in [1.29, 1.82) is 0 Å². The van der Waals surface area contributed by atoms with Crippen LogP contribution in [0.4, 0.5) is 0 Å². The zero-order valence-electron chi connectivity index (χ0n) is 16.7. The molecular formula is C21H25N3O3S. The highest BCUT2D eigenvalue weighted by atomic mass is 32.2. The molecule has 0 N–H and O–H groups in total. The van der Waals surface area contributed by atoms with Gasteiger partial charge in [-0.1, -0.05) is 25.1 Å². The van der Waals surface area contributed by atoms with Gasteiger partial charge in [-0.15, -0.1) is 0 Å². The highest BCUT2D eigenvalue weighted by Gasteiger charge is 2.31. The van der Waals surface area contributed by atoms with Crippen LogP contribution in [0.2, 0.25) is 0 Å². The molecule has 0 fully saturated rings. The van der Waals surface area contributed by atoms with Crippen molar-refractivity contribution in [2.75, 3.05) is 20.3 Å². The number of rotatable bonds is 7. The van der Waals surface area contributed by atoms with E-state index in [1.54, 1.807) is 18.0 Å². The van der Waals surface area contributed by atoms with E-state index < -0.39 is 0 Å². The van der Waals surface area contributed by atoms with E-state index >= 15 is 0 Å². The molecule has 6 nitrogen and oxygen atoms in total. The van der Waals surface area contributed by atoms with Gasteiger partial charge in [0, 0.05) is 6.54 Å². The van der Waals surface area contributed by atoms with Gasteiger partial charge in [0.05, 0.1) is 30.7 Å². The Balaban J connectivity index is 2.05. The Bertz CT molecular complexity index is 962. The second-order valence-corrected chi connectivity index (χ2v) is 7.31. The average Bonchev–Trinajstić information content (AvgIpc) is 3.08. The van der Waals surface area contributed by atoms with Gasteiger partial charge in [-0.3, -0.25) is 14.4 Å². The van der Waals surface area contributed by atoms with Crippen molar-refractivity contribution in [1.82, 2.24) is 9.55 Å². The second-order valence-electron chi connectivity index (χ2n) is 6.31. The maximum absolute atomic E-state index is 13.1. The number of fused-ring (bicyclic) bond motifs is 1. The zero-order chi connectivity index (χ0) is 20.1. The molecule has 7 heteroatoms. The average molecular weight is 400 g/mol. The van der Waals surface area contributed by atoms with Crippen molar-refractivity contribution >= 4 is 22.4 Å². The first-order chi connectivity index (χ1) is 13.6. The van der Waals surface area contributed by atoms with E-state index in [1.165, 1.54) is 11.8 Å². The Kier molecular flexibility index (Phi) is 6.57. The molecule has 2 aromatic rings. The number of hydrogen-bond donors (Lipinski definition) is 0. The van der Waals surface area contributed by atoms with Gasteiger partial charge in [-0.05, 0) is 44.5 Å². The van der Waals surface area contributed by atoms with Crippen molar-refractivity contribution in [3.8, 4) is 11.4 Å². The summed E-state index contributed by atoms with van der Waals surface area (Å²) >= 11 is 1.37. The number of ether oxygens (including phenoxy) is 2.